The van der Waals surface area contributed by atoms with Crippen LogP contribution in [0.5, 0.6) is 0 Å². The van der Waals surface area contributed by atoms with Crippen LogP contribution < -0.4 is 5.32 Å². The van der Waals surface area contributed by atoms with Crippen molar-refractivity contribution in [1.82, 2.24) is 5.32 Å². The monoisotopic (exact) mass is 199 g/mol. The van der Waals surface area contributed by atoms with Crippen LogP contribution in [0.1, 0.15) is 19.8 Å². The molecule has 3 rings (SSSR count). The Labute approximate surface area is 89.1 Å². The number of rotatable bonds is 2. The van der Waals surface area contributed by atoms with Crippen molar-refractivity contribution >= 4 is 5.91 Å². The van der Waals surface area contributed by atoms with Gasteiger partial charge in [-0.25, -0.2) is 0 Å². The van der Waals surface area contributed by atoms with Crippen molar-refractivity contribution in [3.63, 3.8) is 0 Å². The summed E-state index contributed by atoms with van der Waals surface area (Å²) in [4.78, 5) is 12.0. The van der Waals surface area contributed by atoms with E-state index >= 15 is 0 Å². The number of nitrogens with one attached hydrogen (secondary N) is 1. The first kappa shape index (κ1) is 8.72. The summed E-state index contributed by atoms with van der Waals surface area (Å²) in [5.74, 6) is 0.0659. The average molecular weight is 199 g/mol. The lowest BCUT2D eigenvalue weighted by atomic mass is 10.1. The minimum absolute atomic E-state index is 0.0628. The molecule has 0 radical (unpaired) electrons. The highest BCUT2D eigenvalue weighted by atomic mass is 16.1. The van der Waals surface area contributed by atoms with Gasteiger partial charge in [-0.2, -0.15) is 0 Å². The van der Waals surface area contributed by atoms with Crippen molar-refractivity contribution in [2.75, 3.05) is 0 Å². The van der Waals surface area contributed by atoms with E-state index in [9.17, 15) is 4.79 Å². The Hall–Kier alpha value is -1.57. The second-order valence-corrected chi connectivity index (χ2v) is 4.66. The van der Waals surface area contributed by atoms with E-state index in [0.29, 0.717) is 0 Å². The highest BCUT2D eigenvalue weighted by molar-refractivity contribution is 6.01. The summed E-state index contributed by atoms with van der Waals surface area (Å²) in [5.41, 5.74) is 3.09. The molecule has 0 saturated heterocycles. The molecule has 1 saturated carbocycles. The second kappa shape index (κ2) is 2.72. The summed E-state index contributed by atoms with van der Waals surface area (Å²) in [6.45, 7) is 2.09. The van der Waals surface area contributed by atoms with Gasteiger partial charge in [-0.15, -0.1) is 0 Å². The highest BCUT2D eigenvalue weighted by Gasteiger charge is 2.39. The van der Waals surface area contributed by atoms with Gasteiger partial charge in [-0.3, -0.25) is 4.79 Å². The third kappa shape index (κ3) is 1.37. The van der Waals surface area contributed by atoms with E-state index in [2.05, 4.69) is 12.2 Å². The molecule has 0 aliphatic heterocycles. The first-order chi connectivity index (χ1) is 7.18. The van der Waals surface area contributed by atoms with Crippen molar-refractivity contribution in [2.45, 2.75) is 25.3 Å². The standard InChI is InChI=1S/C13H13NO/c1-13(7-8-13)14-12(15)11-6-5-9-3-2-4-10(9)11/h2-6H,7-8H2,1H3,(H,14,15). The van der Waals surface area contributed by atoms with Crippen molar-refractivity contribution < 1.29 is 4.79 Å². The Morgan fingerprint density at radius 1 is 1.33 bits per heavy atom. The van der Waals surface area contributed by atoms with Crippen molar-refractivity contribution in [3.8, 4) is 0 Å². The summed E-state index contributed by atoms with van der Waals surface area (Å²) in [5, 5.41) is 3.08. The molecular formula is C13H13NO. The molecule has 3 aliphatic carbocycles. The molecule has 1 fully saturated rings. The Morgan fingerprint density at radius 3 is 2.87 bits per heavy atom. The van der Waals surface area contributed by atoms with Gasteiger partial charge in [0.25, 0.3) is 5.91 Å². The number of carbonyl (C=O) groups is 1. The summed E-state index contributed by atoms with van der Waals surface area (Å²) in [6.07, 6.45) is 12.1. The minimum Gasteiger partial charge on any atom is -0.347 e. The minimum atomic E-state index is 0.0628. The van der Waals surface area contributed by atoms with Crippen LogP contribution in [0.25, 0.3) is 0 Å². The predicted octanol–water partition coefficient (Wildman–Crippen LogP) is 2.02. The first-order valence-corrected chi connectivity index (χ1v) is 5.32. The van der Waals surface area contributed by atoms with E-state index in [1.807, 2.05) is 30.4 Å². The van der Waals surface area contributed by atoms with Crippen LogP contribution in [0.4, 0.5) is 0 Å². The third-order valence-corrected chi connectivity index (χ3v) is 3.23. The molecular weight excluding hydrogens is 186 g/mol. The van der Waals surface area contributed by atoms with Gasteiger partial charge in [-0.05, 0) is 37.0 Å². The molecule has 3 aliphatic rings. The number of carbonyl (C=O) groups excluding carboxylic acids is 1. The van der Waals surface area contributed by atoms with E-state index < -0.39 is 0 Å². The lowest BCUT2D eigenvalue weighted by molar-refractivity contribution is -0.118. The number of allylic oxidation sites excluding steroid dienone is 6. The maximum absolute atomic E-state index is 12.0. The normalized spacial score (nSPS) is 24.2. The van der Waals surface area contributed by atoms with Crippen molar-refractivity contribution in [3.05, 3.63) is 47.1 Å². The molecule has 0 atom stereocenters. The molecule has 2 heteroatoms. The second-order valence-electron chi connectivity index (χ2n) is 4.66. The number of hydrogen-bond donors (Lipinski definition) is 1. The lowest BCUT2D eigenvalue weighted by Gasteiger charge is -2.11. The molecule has 1 amide bonds. The van der Waals surface area contributed by atoms with Crippen molar-refractivity contribution in [2.24, 2.45) is 0 Å². The largest absolute Gasteiger partial charge is 0.347 e. The molecule has 0 aromatic heterocycles. The molecule has 0 bridgehead atoms. The fourth-order valence-electron chi connectivity index (χ4n) is 1.94. The van der Waals surface area contributed by atoms with E-state index in [1.54, 1.807) is 0 Å². The molecule has 0 aromatic carbocycles. The maximum Gasteiger partial charge on any atom is 0.252 e. The SMILES string of the molecule is CC1(NC(=O)C2=C3C=CC=C3C=C2)CC1. The highest BCUT2D eigenvalue weighted by Crippen LogP contribution is 2.36. The predicted molar refractivity (Wildman–Crippen MR) is 59.2 cm³/mol. The fourth-order valence-corrected chi connectivity index (χ4v) is 1.94. The zero-order chi connectivity index (χ0) is 10.5. The van der Waals surface area contributed by atoms with Gasteiger partial charge in [0.2, 0.25) is 0 Å². The molecule has 15 heavy (non-hydrogen) atoms. The van der Waals surface area contributed by atoms with Gasteiger partial charge < -0.3 is 5.32 Å². The number of amides is 1. The van der Waals surface area contributed by atoms with Crippen LogP contribution >= 0.6 is 0 Å². The molecule has 0 spiro atoms. The Morgan fingerprint density at radius 2 is 2.13 bits per heavy atom. The summed E-state index contributed by atoms with van der Waals surface area (Å²) >= 11 is 0. The molecule has 0 unspecified atom stereocenters. The first-order valence-electron chi connectivity index (χ1n) is 5.32. The van der Waals surface area contributed by atoms with E-state index in [0.717, 1.165) is 29.6 Å². The van der Waals surface area contributed by atoms with Crippen LogP contribution in [-0.4, -0.2) is 11.4 Å². The van der Waals surface area contributed by atoms with Crippen LogP contribution in [0.15, 0.2) is 47.1 Å². The van der Waals surface area contributed by atoms with Gasteiger partial charge in [-0.1, -0.05) is 24.3 Å². The number of hydrogen-bond acceptors (Lipinski definition) is 1. The van der Waals surface area contributed by atoms with E-state index in [4.69, 9.17) is 0 Å². The molecule has 1 N–H and O–H groups in total. The summed E-state index contributed by atoms with van der Waals surface area (Å²) in [6, 6.07) is 0. The zero-order valence-corrected chi connectivity index (χ0v) is 8.71. The van der Waals surface area contributed by atoms with Crippen LogP contribution in [0.3, 0.4) is 0 Å². The fraction of sp³-hybridized carbons (Fsp3) is 0.308. The van der Waals surface area contributed by atoms with Gasteiger partial charge in [0, 0.05) is 11.1 Å². The topological polar surface area (TPSA) is 29.1 Å². The van der Waals surface area contributed by atoms with Crippen molar-refractivity contribution in [1.29, 1.82) is 0 Å². The average Bonchev–Trinajstić information content (AvgIpc) is 2.66. The van der Waals surface area contributed by atoms with Crippen LogP contribution in [0, 0.1) is 0 Å². The third-order valence-electron chi connectivity index (χ3n) is 3.23. The summed E-state index contributed by atoms with van der Waals surface area (Å²) < 4.78 is 0. The Balaban J connectivity index is 1.86. The Kier molecular flexibility index (Phi) is 1.58. The van der Waals surface area contributed by atoms with Gasteiger partial charge in [0.1, 0.15) is 0 Å². The maximum atomic E-state index is 12.0. The van der Waals surface area contributed by atoms with Gasteiger partial charge in [0.15, 0.2) is 0 Å². The molecule has 0 heterocycles. The summed E-state index contributed by atoms with van der Waals surface area (Å²) in [7, 11) is 0. The molecule has 76 valence electrons. The van der Waals surface area contributed by atoms with Crippen LogP contribution in [-0.2, 0) is 4.79 Å². The quantitative estimate of drug-likeness (QED) is 0.724. The van der Waals surface area contributed by atoms with E-state index in [1.165, 1.54) is 0 Å². The Bertz CT molecular complexity index is 459. The zero-order valence-electron chi connectivity index (χ0n) is 8.71. The lowest BCUT2D eigenvalue weighted by Crippen LogP contribution is -2.35. The van der Waals surface area contributed by atoms with Gasteiger partial charge >= 0.3 is 0 Å². The molecule has 0 aromatic rings. The smallest absolute Gasteiger partial charge is 0.252 e. The van der Waals surface area contributed by atoms with Crippen LogP contribution in [0.2, 0.25) is 0 Å². The van der Waals surface area contributed by atoms with E-state index in [-0.39, 0.29) is 11.4 Å². The van der Waals surface area contributed by atoms with Gasteiger partial charge in [0.05, 0.1) is 0 Å². The molecule has 2 nitrogen and oxygen atoms in total. The number of fused-ring (bicyclic) bond motifs is 1.